The molecule has 0 spiro atoms. The van der Waals surface area contributed by atoms with E-state index in [1.165, 1.54) is 32.4 Å². The monoisotopic (exact) mass is 376 g/mol. The highest BCUT2D eigenvalue weighted by molar-refractivity contribution is 7.89. The van der Waals surface area contributed by atoms with Crippen LogP contribution in [0.2, 0.25) is 0 Å². The maximum absolute atomic E-state index is 12.6. The maximum Gasteiger partial charge on any atom is 0.251 e. The number of nitrogens with one attached hydrogen (secondary N) is 2. The molecule has 0 saturated heterocycles. The smallest absolute Gasteiger partial charge is 0.251 e. The van der Waals surface area contributed by atoms with Crippen molar-refractivity contribution in [2.45, 2.75) is 17.4 Å². The second-order valence-electron chi connectivity index (χ2n) is 5.87. The summed E-state index contributed by atoms with van der Waals surface area (Å²) in [6.07, 6.45) is 0.653. The van der Waals surface area contributed by atoms with Gasteiger partial charge in [-0.1, -0.05) is 18.2 Å². The summed E-state index contributed by atoms with van der Waals surface area (Å²) in [6.45, 7) is 0.362. The molecule has 1 amide bonds. The lowest BCUT2D eigenvalue weighted by Crippen LogP contribution is -2.42. The van der Waals surface area contributed by atoms with Gasteiger partial charge in [0.1, 0.15) is 23.0 Å². The molecule has 2 aromatic carbocycles. The summed E-state index contributed by atoms with van der Waals surface area (Å²) in [5.41, 5.74) is 1.26. The van der Waals surface area contributed by atoms with Gasteiger partial charge in [-0.05, 0) is 43.3 Å². The Morgan fingerprint density at radius 1 is 1.23 bits per heavy atom. The third-order valence-electron chi connectivity index (χ3n) is 4.20. The molecular formula is C18H20N2O5S. The van der Waals surface area contributed by atoms with Crippen LogP contribution in [-0.2, 0) is 16.4 Å². The first-order valence-corrected chi connectivity index (χ1v) is 9.56. The van der Waals surface area contributed by atoms with E-state index in [2.05, 4.69) is 10.0 Å². The standard InChI is InChI=1S/C18H20N2O5S/c1-19-26(22,23)17-10-13(7-8-16(17)24-2)18(21)20-14-9-12-5-3-4-6-15(12)25-11-14/h3-8,10,14,19H,9,11H2,1-2H3,(H,20,21)/t14-/m0/s1. The minimum Gasteiger partial charge on any atom is -0.495 e. The quantitative estimate of drug-likeness (QED) is 0.821. The van der Waals surface area contributed by atoms with E-state index in [1.807, 2.05) is 24.3 Å². The fourth-order valence-corrected chi connectivity index (χ4v) is 3.75. The minimum atomic E-state index is -3.75. The lowest BCUT2D eigenvalue weighted by Gasteiger charge is -2.26. The molecule has 0 radical (unpaired) electrons. The van der Waals surface area contributed by atoms with Crippen LogP contribution in [0.25, 0.3) is 0 Å². The van der Waals surface area contributed by atoms with Crippen LogP contribution in [0.3, 0.4) is 0 Å². The van der Waals surface area contributed by atoms with Gasteiger partial charge in [-0.2, -0.15) is 0 Å². The second-order valence-corrected chi connectivity index (χ2v) is 7.72. The zero-order valence-corrected chi connectivity index (χ0v) is 15.3. The van der Waals surface area contributed by atoms with Gasteiger partial charge in [0.15, 0.2) is 0 Å². The minimum absolute atomic E-state index is 0.0830. The fraction of sp³-hybridized carbons (Fsp3) is 0.278. The molecule has 1 atom stereocenters. The summed E-state index contributed by atoms with van der Waals surface area (Å²) in [5, 5.41) is 2.89. The Kier molecular flexibility index (Phi) is 5.15. The number of para-hydroxylation sites is 1. The third-order valence-corrected chi connectivity index (χ3v) is 5.63. The number of sulfonamides is 1. The van der Waals surface area contributed by atoms with Gasteiger partial charge in [0.25, 0.3) is 5.91 Å². The van der Waals surface area contributed by atoms with Crippen molar-refractivity contribution in [2.75, 3.05) is 20.8 Å². The highest BCUT2D eigenvalue weighted by Crippen LogP contribution is 2.26. The molecule has 0 aliphatic carbocycles. The molecule has 138 valence electrons. The summed E-state index contributed by atoms with van der Waals surface area (Å²) in [5.74, 6) is 0.629. The molecule has 1 aliphatic heterocycles. The Labute approximate surface area is 152 Å². The first kappa shape index (κ1) is 18.2. The van der Waals surface area contributed by atoms with E-state index in [1.54, 1.807) is 0 Å². The predicted octanol–water partition coefficient (Wildman–Crippen LogP) is 1.34. The van der Waals surface area contributed by atoms with Crippen molar-refractivity contribution in [3.8, 4) is 11.5 Å². The second kappa shape index (κ2) is 7.35. The SMILES string of the molecule is CNS(=O)(=O)c1cc(C(=O)N[C@@H]2COc3ccccc3C2)ccc1OC. The zero-order chi connectivity index (χ0) is 18.7. The van der Waals surface area contributed by atoms with Gasteiger partial charge in [0, 0.05) is 5.56 Å². The van der Waals surface area contributed by atoms with E-state index >= 15 is 0 Å². The molecule has 26 heavy (non-hydrogen) atoms. The molecule has 3 rings (SSSR count). The van der Waals surface area contributed by atoms with E-state index in [4.69, 9.17) is 9.47 Å². The summed E-state index contributed by atoms with van der Waals surface area (Å²) < 4.78 is 37.3. The molecule has 8 heteroatoms. The van der Waals surface area contributed by atoms with Gasteiger partial charge in [-0.25, -0.2) is 13.1 Å². The summed E-state index contributed by atoms with van der Waals surface area (Å²) in [4.78, 5) is 12.5. The fourth-order valence-electron chi connectivity index (χ4n) is 2.83. The van der Waals surface area contributed by atoms with Crippen molar-refractivity contribution in [1.29, 1.82) is 0 Å². The molecule has 1 heterocycles. The summed E-state index contributed by atoms with van der Waals surface area (Å²) >= 11 is 0. The number of fused-ring (bicyclic) bond motifs is 1. The van der Waals surface area contributed by atoms with E-state index in [0.29, 0.717) is 13.0 Å². The van der Waals surface area contributed by atoms with Gasteiger partial charge in [0.2, 0.25) is 10.0 Å². The van der Waals surface area contributed by atoms with Crippen molar-refractivity contribution < 1.29 is 22.7 Å². The summed E-state index contributed by atoms with van der Waals surface area (Å²) in [7, 11) is -1.07. The Bertz CT molecular complexity index is 927. The number of methoxy groups -OCH3 is 1. The largest absolute Gasteiger partial charge is 0.495 e. The van der Waals surface area contributed by atoms with Crippen molar-refractivity contribution >= 4 is 15.9 Å². The van der Waals surface area contributed by atoms with E-state index in [0.717, 1.165) is 11.3 Å². The zero-order valence-electron chi connectivity index (χ0n) is 14.5. The molecule has 0 fully saturated rings. The van der Waals surface area contributed by atoms with Crippen LogP contribution in [-0.4, -0.2) is 41.1 Å². The molecular weight excluding hydrogens is 356 g/mol. The van der Waals surface area contributed by atoms with Crippen molar-refractivity contribution in [3.63, 3.8) is 0 Å². The van der Waals surface area contributed by atoms with Crippen LogP contribution in [0.15, 0.2) is 47.4 Å². The molecule has 2 N–H and O–H groups in total. The first-order chi connectivity index (χ1) is 12.4. The van der Waals surface area contributed by atoms with Gasteiger partial charge in [-0.3, -0.25) is 4.79 Å². The molecule has 1 aliphatic rings. The lowest BCUT2D eigenvalue weighted by atomic mass is 10.0. The predicted molar refractivity (Wildman–Crippen MR) is 96.1 cm³/mol. The molecule has 7 nitrogen and oxygen atoms in total. The number of hydrogen-bond acceptors (Lipinski definition) is 5. The first-order valence-electron chi connectivity index (χ1n) is 8.07. The van der Waals surface area contributed by atoms with E-state index in [-0.39, 0.29) is 28.2 Å². The third kappa shape index (κ3) is 3.66. The van der Waals surface area contributed by atoms with Gasteiger partial charge in [0.05, 0.1) is 13.2 Å². The number of benzene rings is 2. The van der Waals surface area contributed by atoms with Crippen LogP contribution in [0.1, 0.15) is 15.9 Å². The van der Waals surface area contributed by atoms with Gasteiger partial charge < -0.3 is 14.8 Å². The Morgan fingerprint density at radius 2 is 2.00 bits per heavy atom. The van der Waals surface area contributed by atoms with E-state index in [9.17, 15) is 13.2 Å². The van der Waals surface area contributed by atoms with Crippen LogP contribution >= 0.6 is 0 Å². The number of rotatable bonds is 5. The highest BCUT2D eigenvalue weighted by Gasteiger charge is 2.24. The summed E-state index contributed by atoms with van der Waals surface area (Å²) in [6, 6.07) is 11.8. The van der Waals surface area contributed by atoms with Gasteiger partial charge in [-0.15, -0.1) is 0 Å². The molecule has 0 unspecified atom stereocenters. The van der Waals surface area contributed by atoms with Crippen molar-refractivity contribution in [3.05, 3.63) is 53.6 Å². The number of carbonyl (C=O) groups is 1. The number of amides is 1. The number of ether oxygens (including phenoxy) is 2. The van der Waals surface area contributed by atoms with Crippen LogP contribution in [0.5, 0.6) is 11.5 Å². The Morgan fingerprint density at radius 3 is 2.73 bits per heavy atom. The van der Waals surface area contributed by atoms with Crippen molar-refractivity contribution in [2.24, 2.45) is 0 Å². The van der Waals surface area contributed by atoms with Gasteiger partial charge >= 0.3 is 0 Å². The lowest BCUT2D eigenvalue weighted by molar-refractivity contribution is 0.0915. The average molecular weight is 376 g/mol. The maximum atomic E-state index is 12.6. The van der Waals surface area contributed by atoms with Crippen LogP contribution in [0.4, 0.5) is 0 Å². The molecule has 0 saturated carbocycles. The van der Waals surface area contributed by atoms with Crippen LogP contribution < -0.4 is 19.5 Å². The van der Waals surface area contributed by atoms with Crippen molar-refractivity contribution in [1.82, 2.24) is 10.0 Å². The molecule has 0 aromatic heterocycles. The molecule has 2 aromatic rings. The number of carbonyl (C=O) groups excluding carboxylic acids is 1. The molecule has 0 bridgehead atoms. The Hall–Kier alpha value is -2.58. The normalized spacial score (nSPS) is 16.3. The highest BCUT2D eigenvalue weighted by atomic mass is 32.2. The van der Waals surface area contributed by atoms with Crippen LogP contribution in [0, 0.1) is 0 Å². The van der Waals surface area contributed by atoms with E-state index < -0.39 is 10.0 Å². The number of hydrogen-bond donors (Lipinski definition) is 2. The Balaban J connectivity index is 1.80. The topological polar surface area (TPSA) is 93.7 Å². The average Bonchev–Trinajstić information content (AvgIpc) is 2.67.